The molecule has 3 aliphatic heterocycles. The average molecular weight is 604 g/mol. The van der Waals surface area contributed by atoms with Crippen molar-refractivity contribution in [2.45, 2.75) is 89.8 Å². The molecule has 3 aliphatic rings. The van der Waals surface area contributed by atoms with Gasteiger partial charge in [0.25, 0.3) is 5.91 Å². The number of β-amino-alcohol motifs (C(OH)–C–C–N with tert-alkyl or cyclic N) is 1. The molecule has 3 aromatic rings. The Morgan fingerprint density at radius 2 is 2.09 bits per heavy atom. The van der Waals surface area contributed by atoms with Gasteiger partial charge in [0.2, 0.25) is 5.91 Å². The second kappa shape index (κ2) is 12.5. The van der Waals surface area contributed by atoms with Crippen LogP contribution in [0.25, 0.3) is 0 Å². The lowest BCUT2D eigenvalue weighted by atomic mass is 9.87. The molecular formula is C32H41N7O5. The third-order valence-electron chi connectivity index (χ3n) is 9.25. The number of anilines is 1. The van der Waals surface area contributed by atoms with Crippen molar-refractivity contribution in [3.8, 4) is 5.75 Å². The van der Waals surface area contributed by atoms with Gasteiger partial charge in [-0.05, 0) is 69.2 Å². The number of nitrogens with one attached hydrogen (secondary N) is 2. The first-order valence-electron chi connectivity index (χ1n) is 15.4. The lowest BCUT2D eigenvalue weighted by molar-refractivity contribution is -0.137. The van der Waals surface area contributed by atoms with E-state index < -0.39 is 6.10 Å². The summed E-state index contributed by atoms with van der Waals surface area (Å²) in [5.74, 6) is 1.87. The third-order valence-corrected chi connectivity index (χ3v) is 9.25. The highest BCUT2D eigenvalue weighted by Gasteiger charge is 2.50. The third kappa shape index (κ3) is 6.56. The van der Waals surface area contributed by atoms with E-state index in [1.807, 2.05) is 17.9 Å². The maximum Gasteiger partial charge on any atom is 0.270 e. The van der Waals surface area contributed by atoms with E-state index >= 15 is 0 Å². The van der Waals surface area contributed by atoms with Crippen molar-refractivity contribution in [2.75, 3.05) is 25.0 Å². The van der Waals surface area contributed by atoms with Gasteiger partial charge in [0.15, 0.2) is 12.2 Å². The Balaban J connectivity index is 0.962. The summed E-state index contributed by atoms with van der Waals surface area (Å²) >= 11 is 0. The normalized spacial score (nSPS) is 23.6. The van der Waals surface area contributed by atoms with Gasteiger partial charge in [-0.25, -0.2) is 15.0 Å². The molecule has 2 aromatic heterocycles. The van der Waals surface area contributed by atoms with Crippen LogP contribution in [0, 0.1) is 6.92 Å². The number of carbonyl (C=O) groups excluding carboxylic acids is 2. The van der Waals surface area contributed by atoms with Gasteiger partial charge in [0.05, 0.1) is 11.8 Å². The standard InChI is InChI=1S/C32H41N7O5/c1-20-29(44-19-36-20)17-43-27-5-4-23-15-38(9-7-22(23)10-27)16-26(41)14-33-31(42)28-12-30(35-18-34-28)37-24-11-25-6-8-32(3,13-24)39(25)21(2)40/h4-5,10,12,18-19,24-26,41H,6-9,11,13-17H2,1-3H3,(H,33,42)(H,34,35,37)/t24?,25-,26-,32+/m0/s1. The number of hydrogen-bond acceptors (Lipinski definition) is 10. The van der Waals surface area contributed by atoms with E-state index in [9.17, 15) is 14.7 Å². The summed E-state index contributed by atoms with van der Waals surface area (Å²) < 4.78 is 11.2. The minimum Gasteiger partial charge on any atom is -0.486 e. The van der Waals surface area contributed by atoms with Crippen LogP contribution in [0.2, 0.25) is 0 Å². The minimum atomic E-state index is -0.727. The molecule has 0 radical (unpaired) electrons. The van der Waals surface area contributed by atoms with E-state index in [-0.39, 0.29) is 41.7 Å². The number of aliphatic hydroxyl groups is 1. The molecule has 12 heteroatoms. The van der Waals surface area contributed by atoms with E-state index in [0.717, 1.165) is 55.9 Å². The summed E-state index contributed by atoms with van der Waals surface area (Å²) in [5, 5.41) is 17.0. The average Bonchev–Trinajstić information content (AvgIpc) is 3.51. The van der Waals surface area contributed by atoms with E-state index in [1.165, 1.54) is 23.8 Å². The number of aryl methyl sites for hydroxylation is 1. The molecule has 12 nitrogen and oxygen atoms in total. The summed E-state index contributed by atoms with van der Waals surface area (Å²) in [6.07, 6.45) is 6.62. The highest BCUT2D eigenvalue weighted by atomic mass is 16.5. The summed E-state index contributed by atoms with van der Waals surface area (Å²) in [4.78, 5) is 41.9. The molecule has 1 aromatic carbocycles. The Labute approximate surface area is 257 Å². The van der Waals surface area contributed by atoms with Crippen LogP contribution in [0.5, 0.6) is 5.75 Å². The highest BCUT2D eigenvalue weighted by molar-refractivity contribution is 5.92. The molecule has 0 aliphatic carbocycles. The molecule has 6 rings (SSSR count). The maximum atomic E-state index is 12.9. The lowest BCUT2D eigenvalue weighted by Gasteiger charge is -2.45. The van der Waals surface area contributed by atoms with Crippen LogP contribution < -0.4 is 15.4 Å². The number of nitrogens with zero attached hydrogens (tertiary/aromatic N) is 5. The molecule has 1 unspecified atom stereocenters. The number of carbonyl (C=O) groups is 2. The molecule has 234 valence electrons. The number of oxazole rings is 1. The first-order chi connectivity index (χ1) is 21.2. The van der Waals surface area contributed by atoms with E-state index in [4.69, 9.17) is 9.15 Å². The van der Waals surface area contributed by atoms with Crippen LogP contribution >= 0.6 is 0 Å². The molecule has 0 saturated carbocycles. The van der Waals surface area contributed by atoms with E-state index in [1.54, 1.807) is 13.0 Å². The van der Waals surface area contributed by atoms with Gasteiger partial charge < -0.3 is 29.8 Å². The zero-order chi connectivity index (χ0) is 30.8. The summed E-state index contributed by atoms with van der Waals surface area (Å²) in [6.45, 7) is 8.11. The van der Waals surface area contributed by atoms with Gasteiger partial charge in [0, 0.05) is 56.8 Å². The number of fused-ring (bicyclic) bond motifs is 3. The molecule has 3 N–H and O–H groups in total. The van der Waals surface area contributed by atoms with Crippen molar-refractivity contribution in [3.63, 3.8) is 0 Å². The van der Waals surface area contributed by atoms with Gasteiger partial charge in [-0.1, -0.05) is 6.07 Å². The molecular weight excluding hydrogens is 562 g/mol. The van der Waals surface area contributed by atoms with E-state index in [2.05, 4.69) is 49.5 Å². The number of piperidine rings is 1. The SMILES string of the molecule is CC(=O)N1[C@H]2CC[C@]1(C)CC(Nc1cc(C(=O)NC[C@H](O)CN3CCc4cc(OCc5ocnc5C)ccc4C3)ncn1)C2. The topological polar surface area (TPSA) is 146 Å². The number of aliphatic hydroxyl groups excluding tert-OH is 1. The van der Waals surface area contributed by atoms with Gasteiger partial charge in [-0.2, -0.15) is 0 Å². The first-order valence-corrected chi connectivity index (χ1v) is 15.4. The van der Waals surface area contributed by atoms with Crippen molar-refractivity contribution in [1.29, 1.82) is 0 Å². The van der Waals surface area contributed by atoms with Crippen LogP contribution in [0.4, 0.5) is 5.82 Å². The van der Waals surface area contributed by atoms with Crippen LogP contribution in [0.3, 0.4) is 0 Å². The number of benzene rings is 1. The van der Waals surface area contributed by atoms with Crippen molar-refractivity contribution >= 4 is 17.6 Å². The number of hydrogen-bond donors (Lipinski definition) is 3. The molecule has 2 fully saturated rings. The van der Waals surface area contributed by atoms with Crippen LogP contribution in [0.15, 0.2) is 41.4 Å². The predicted octanol–water partition coefficient (Wildman–Crippen LogP) is 2.84. The molecule has 44 heavy (non-hydrogen) atoms. The summed E-state index contributed by atoms with van der Waals surface area (Å²) in [6, 6.07) is 8.13. The first kappa shape index (κ1) is 30.0. The van der Waals surface area contributed by atoms with Crippen molar-refractivity contribution in [3.05, 3.63) is 65.3 Å². The Morgan fingerprint density at radius 1 is 1.23 bits per heavy atom. The Hall–Kier alpha value is -4.03. The zero-order valence-corrected chi connectivity index (χ0v) is 25.6. The van der Waals surface area contributed by atoms with Crippen molar-refractivity contribution in [1.82, 2.24) is 30.1 Å². The second-order valence-electron chi connectivity index (χ2n) is 12.6. The number of rotatable bonds is 10. The van der Waals surface area contributed by atoms with Crippen LogP contribution in [0.1, 0.15) is 72.6 Å². The minimum absolute atomic E-state index is 0.117. The molecule has 2 amide bonds. The van der Waals surface area contributed by atoms with Crippen molar-refractivity contribution in [2.24, 2.45) is 0 Å². The van der Waals surface area contributed by atoms with Crippen molar-refractivity contribution < 1.29 is 23.8 Å². The molecule has 2 bridgehead atoms. The number of ether oxygens (including phenoxy) is 1. The molecule has 2 saturated heterocycles. The monoisotopic (exact) mass is 603 g/mol. The predicted molar refractivity (Wildman–Crippen MR) is 162 cm³/mol. The van der Waals surface area contributed by atoms with Gasteiger partial charge in [-0.15, -0.1) is 0 Å². The Morgan fingerprint density at radius 3 is 2.86 bits per heavy atom. The zero-order valence-electron chi connectivity index (χ0n) is 25.6. The van der Waals surface area contributed by atoms with Gasteiger partial charge in [-0.3, -0.25) is 14.5 Å². The fourth-order valence-electron chi connectivity index (χ4n) is 7.16. The molecule has 4 atom stereocenters. The van der Waals surface area contributed by atoms with Crippen LogP contribution in [-0.2, 0) is 24.4 Å². The molecule has 5 heterocycles. The van der Waals surface area contributed by atoms with Crippen LogP contribution in [-0.4, -0.2) is 85.0 Å². The second-order valence-corrected chi connectivity index (χ2v) is 12.6. The smallest absolute Gasteiger partial charge is 0.270 e. The Bertz CT molecular complexity index is 1510. The van der Waals surface area contributed by atoms with Gasteiger partial charge in [0.1, 0.15) is 30.2 Å². The van der Waals surface area contributed by atoms with E-state index in [0.29, 0.717) is 25.5 Å². The fourth-order valence-corrected chi connectivity index (χ4v) is 7.16. The number of aromatic nitrogens is 3. The lowest BCUT2D eigenvalue weighted by Crippen LogP contribution is -2.55. The quantitative estimate of drug-likeness (QED) is 0.316. The molecule has 0 spiro atoms. The van der Waals surface area contributed by atoms with Gasteiger partial charge >= 0.3 is 0 Å². The summed E-state index contributed by atoms with van der Waals surface area (Å²) in [7, 11) is 0. The highest BCUT2D eigenvalue weighted by Crippen LogP contribution is 2.44. The fraction of sp³-hybridized carbons (Fsp3) is 0.531. The maximum absolute atomic E-state index is 12.9. The Kier molecular flexibility index (Phi) is 8.55. The summed E-state index contributed by atoms with van der Waals surface area (Å²) in [5.41, 5.74) is 3.35. The number of amides is 2. The largest absolute Gasteiger partial charge is 0.486 e.